The third kappa shape index (κ3) is 3.58. The largest absolute Gasteiger partial charge is 0.372 e. The SMILES string of the molecule is CCN(CC)c1ccc(Nc2ccnc(N3CCc4ccccc43)n2)cc1. The average molecular weight is 359 g/mol. The Labute approximate surface area is 160 Å². The van der Waals surface area contributed by atoms with Gasteiger partial charge in [-0.1, -0.05) is 18.2 Å². The van der Waals surface area contributed by atoms with Gasteiger partial charge in [-0.05, 0) is 62.2 Å². The second-order valence-corrected chi connectivity index (χ2v) is 6.62. The van der Waals surface area contributed by atoms with Crippen LogP contribution in [-0.4, -0.2) is 29.6 Å². The first-order chi connectivity index (χ1) is 13.3. The lowest BCUT2D eigenvalue weighted by molar-refractivity contribution is 0.866. The van der Waals surface area contributed by atoms with Gasteiger partial charge in [-0.3, -0.25) is 0 Å². The quantitative estimate of drug-likeness (QED) is 0.687. The zero-order chi connectivity index (χ0) is 18.6. The van der Waals surface area contributed by atoms with E-state index < -0.39 is 0 Å². The first-order valence-electron chi connectivity index (χ1n) is 9.59. The molecule has 0 unspecified atom stereocenters. The minimum absolute atomic E-state index is 0.740. The van der Waals surface area contributed by atoms with Crippen LogP contribution in [0.1, 0.15) is 19.4 Å². The summed E-state index contributed by atoms with van der Waals surface area (Å²) in [5, 5.41) is 3.40. The second kappa shape index (κ2) is 7.66. The van der Waals surface area contributed by atoms with Crippen molar-refractivity contribution in [3.63, 3.8) is 0 Å². The predicted octanol–water partition coefficient (Wildman–Crippen LogP) is 4.76. The number of benzene rings is 2. The number of nitrogens with zero attached hydrogens (tertiary/aromatic N) is 4. The first-order valence-corrected chi connectivity index (χ1v) is 9.59. The lowest BCUT2D eigenvalue weighted by atomic mass is 10.2. The van der Waals surface area contributed by atoms with E-state index in [0.717, 1.165) is 43.5 Å². The summed E-state index contributed by atoms with van der Waals surface area (Å²) in [6.45, 7) is 7.29. The van der Waals surface area contributed by atoms with Gasteiger partial charge in [-0.25, -0.2) is 4.98 Å². The summed E-state index contributed by atoms with van der Waals surface area (Å²) < 4.78 is 0. The molecule has 2 heterocycles. The summed E-state index contributed by atoms with van der Waals surface area (Å²) >= 11 is 0. The summed E-state index contributed by atoms with van der Waals surface area (Å²) in [5.74, 6) is 1.55. The van der Waals surface area contributed by atoms with Crippen LogP contribution in [0.3, 0.4) is 0 Å². The molecule has 0 saturated heterocycles. The maximum absolute atomic E-state index is 4.73. The van der Waals surface area contributed by atoms with Crippen molar-refractivity contribution in [3.05, 3.63) is 66.4 Å². The minimum Gasteiger partial charge on any atom is -0.372 e. The van der Waals surface area contributed by atoms with E-state index >= 15 is 0 Å². The number of rotatable bonds is 6. The number of aromatic nitrogens is 2. The highest BCUT2D eigenvalue weighted by molar-refractivity contribution is 5.67. The normalized spacial score (nSPS) is 12.7. The Bertz CT molecular complexity index is 903. The van der Waals surface area contributed by atoms with Gasteiger partial charge in [0.1, 0.15) is 5.82 Å². The van der Waals surface area contributed by atoms with Crippen LogP contribution in [0.4, 0.5) is 28.8 Å². The van der Waals surface area contributed by atoms with E-state index in [1.165, 1.54) is 16.9 Å². The van der Waals surface area contributed by atoms with Gasteiger partial charge in [0.2, 0.25) is 5.95 Å². The lowest BCUT2D eigenvalue weighted by Crippen LogP contribution is -2.21. The average Bonchev–Trinajstić information content (AvgIpc) is 3.15. The molecule has 0 atom stereocenters. The molecule has 5 nitrogen and oxygen atoms in total. The Morgan fingerprint density at radius 2 is 1.78 bits per heavy atom. The molecule has 2 aromatic carbocycles. The van der Waals surface area contributed by atoms with Crippen LogP contribution in [0.15, 0.2) is 60.8 Å². The molecular formula is C22H25N5. The van der Waals surface area contributed by atoms with Crippen molar-refractivity contribution in [1.29, 1.82) is 0 Å². The molecule has 1 aliphatic rings. The molecule has 1 aromatic heterocycles. The zero-order valence-corrected chi connectivity index (χ0v) is 15.9. The molecule has 0 amide bonds. The molecule has 5 heteroatoms. The van der Waals surface area contributed by atoms with Crippen molar-refractivity contribution < 1.29 is 0 Å². The third-order valence-electron chi connectivity index (χ3n) is 5.04. The molecule has 1 N–H and O–H groups in total. The van der Waals surface area contributed by atoms with Crippen LogP contribution in [0.25, 0.3) is 0 Å². The van der Waals surface area contributed by atoms with Gasteiger partial charge >= 0.3 is 0 Å². The van der Waals surface area contributed by atoms with E-state index in [-0.39, 0.29) is 0 Å². The van der Waals surface area contributed by atoms with Gasteiger partial charge in [0.05, 0.1) is 0 Å². The number of anilines is 5. The molecule has 138 valence electrons. The van der Waals surface area contributed by atoms with E-state index in [0.29, 0.717) is 0 Å². The maximum atomic E-state index is 4.73. The van der Waals surface area contributed by atoms with E-state index in [1.807, 2.05) is 12.3 Å². The molecule has 1 aliphatic heterocycles. The van der Waals surface area contributed by atoms with Gasteiger partial charge in [0, 0.05) is 42.9 Å². The zero-order valence-electron chi connectivity index (χ0n) is 15.9. The van der Waals surface area contributed by atoms with Gasteiger partial charge in [-0.15, -0.1) is 0 Å². The predicted molar refractivity (Wildman–Crippen MR) is 112 cm³/mol. The van der Waals surface area contributed by atoms with Crippen LogP contribution >= 0.6 is 0 Å². The second-order valence-electron chi connectivity index (χ2n) is 6.62. The number of fused-ring (bicyclic) bond motifs is 1. The van der Waals surface area contributed by atoms with E-state index in [1.54, 1.807) is 0 Å². The van der Waals surface area contributed by atoms with Crippen LogP contribution in [0.5, 0.6) is 0 Å². The van der Waals surface area contributed by atoms with Crippen molar-refractivity contribution >= 4 is 28.8 Å². The van der Waals surface area contributed by atoms with Crippen molar-refractivity contribution in [2.45, 2.75) is 20.3 Å². The molecule has 0 radical (unpaired) electrons. The van der Waals surface area contributed by atoms with Crippen molar-refractivity contribution in [2.24, 2.45) is 0 Å². The van der Waals surface area contributed by atoms with Crippen LogP contribution in [0, 0.1) is 0 Å². The van der Waals surface area contributed by atoms with Gasteiger partial charge in [0.15, 0.2) is 0 Å². The van der Waals surface area contributed by atoms with Crippen molar-refractivity contribution in [3.8, 4) is 0 Å². The highest BCUT2D eigenvalue weighted by atomic mass is 15.3. The van der Waals surface area contributed by atoms with Gasteiger partial charge in [0.25, 0.3) is 0 Å². The van der Waals surface area contributed by atoms with Crippen LogP contribution < -0.4 is 15.1 Å². The highest BCUT2D eigenvalue weighted by Crippen LogP contribution is 2.32. The van der Waals surface area contributed by atoms with Gasteiger partial charge in [-0.2, -0.15) is 4.98 Å². The van der Waals surface area contributed by atoms with E-state index in [4.69, 9.17) is 4.98 Å². The Hall–Kier alpha value is -3.08. The Kier molecular flexibility index (Phi) is 4.92. The van der Waals surface area contributed by atoms with E-state index in [2.05, 4.69) is 82.5 Å². The topological polar surface area (TPSA) is 44.3 Å². The summed E-state index contributed by atoms with van der Waals surface area (Å²) in [5.41, 5.74) is 4.82. The van der Waals surface area contributed by atoms with Gasteiger partial charge < -0.3 is 15.1 Å². The Balaban J connectivity index is 1.52. The summed E-state index contributed by atoms with van der Waals surface area (Å²) in [6, 6.07) is 18.9. The molecule has 3 aromatic rings. The molecule has 27 heavy (non-hydrogen) atoms. The van der Waals surface area contributed by atoms with E-state index in [9.17, 15) is 0 Å². The molecule has 0 saturated carbocycles. The summed E-state index contributed by atoms with van der Waals surface area (Å²) in [7, 11) is 0. The molecule has 0 aliphatic carbocycles. The Morgan fingerprint density at radius 3 is 2.56 bits per heavy atom. The van der Waals surface area contributed by atoms with Crippen molar-refractivity contribution in [2.75, 3.05) is 34.8 Å². The van der Waals surface area contributed by atoms with Crippen LogP contribution in [-0.2, 0) is 6.42 Å². The fraction of sp³-hybridized carbons (Fsp3) is 0.273. The first kappa shape index (κ1) is 17.3. The van der Waals surface area contributed by atoms with Crippen LogP contribution in [0.2, 0.25) is 0 Å². The number of hydrogen-bond acceptors (Lipinski definition) is 5. The smallest absolute Gasteiger partial charge is 0.231 e. The number of hydrogen-bond donors (Lipinski definition) is 1. The summed E-state index contributed by atoms with van der Waals surface area (Å²) in [6.07, 6.45) is 2.85. The number of para-hydroxylation sites is 1. The maximum Gasteiger partial charge on any atom is 0.231 e. The number of nitrogens with one attached hydrogen (secondary N) is 1. The van der Waals surface area contributed by atoms with Crippen molar-refractivity contribution in [1.82, 2.24) is 9.97 Å². The monoisotopic (exact) mass is 359 g/mol. The lowest BCUT2D eigenvalue weighted by Gasteiger charge is -2.21. The summed E-state index contributed by atoms with van der Waals surface area (Å²) in [4.78, 5) is 13.7. The fourth-order valence-corrected chi connectivity index (χ4v) is 3.59. The molecule has 0 bridgehead atoms. The Morgan fingerprint density at radius 1 is 1.00 bits per heavy atom. The molecule has 0 spiro atoms. The highest BCUT2D eigenvalue weighted by Gasteiger charge is 2.21. The molecular weight excluding hydrogens is 334 g/mol. The molecule has 0 fully saturated rings. The molecule has 4 rings (SSSR count). The fourth-order valence-electron chi connectivity index (χ4n) is 3.59. The minimum atomic E-state index is 0.740. The third-order valence-corrected chi connectivity index (χ3v) is 5.04. The standard InChI is InChI=1S/C22H25N5/c1-3-26(4-2)19-11-9-18(10-12-19)24-21-13-15-23-22(25-21)27-16-14-17-7-5-6-8-20(17)27/h5-13,15H,3-4,14,16H2,1-2H3,(H,23,24,25).